The molecule has 2 N–H and O–H groups in total. The van der Waals surface area contributed by atoms with Gasteiger partial charge in [-0.1, -0.05) is 38.2 Å². The second-order valence-corrected chi connectivity index (χ2v) is 6.85. The average Bonchev–Trinajstić information content (AvgIpc) is 2.62. The van der Waals surface area contributed by atoms with Crippen molar-refractivity contribution in [2.75, 3.05) is 13.7 Å². The molecule has 0 spiro atoms. The van der Waals surface area contributed by atoms with Crippen molar-refractivity contribution in [3.8, 4) is 0 Å². The van der Waals surface area contributed by atoms with Gasteiger partial charge in [-0.05, 0) is 13.3 Å². The molecule has 0 aliphatic heterocycles. The average molecular weight is 280 g/mol. The number of aliphatic hydroxyl groups is 2. The Bertz CT molecular complexity index is 483. The van der Waals surface area contributed by atoms with Gasteiger partial charge in [-0.15, -0.1) is 0 Å². The van der Waals surface area contributed by atoms with Gasteiger partial charge in [-0.3, -0.25) is 4.79 Å². The summed E-state index contributed by atoms with van der Waals surface area (Å²) in [5, 5.41) is 20.2. The normalized spacial score (nSPS) is 47.2. The highest BCUT2D eigenvalue weighted by molar-refractivity contribution is 5.79. The standard InChI is InChI=1S/C16H24O4/c1-10-8-14(2,9-17)15(3)7-6-11(18)16(4,12(10)15)13(19)20-5/h6-7,11-12,17-18H,1,8-9H2,2-5H3/t11-,12+,14+,15+,16-/m1/s1. The van der Waals surface area contributed by atoms with Crippen LogP contribution in [0.15, 0.2) is 24.3 Å². The minimum Gasteiger partial charge on any atom is -0.468 e. The molecular weight excluding hydrogens is 256 g/mol. The number of aliphatic hydroxyl groups excluding tert-OH is 2. The molecule has 0 aromatic heterocycles. The number of hydrogen-bond acceptors (Lipinski definition) is 4. The molecule has 0 unspecified atom stereocenters. The van der Waals surface area contributed by atoms with Crippen LogP contribution in [0.2, 0.25) is 0 Å². The number of rotatable bonds is 2. The van der Waals surface area contributed by atoms with Gasteiger partial charge in [-0.25, -0.2) is 0 Å². The fourth-order valence-corrected chi connectivity index (χ4v) is 4.26. The van der Waals surface area contributed by atoms with Crippen molar-refractivity contribution in [1.82, 2.24) is 0 Å². The molecule has 0 saturated heterocycles. The molecule has 1 saturated carbocycles. The van der Waals surface area contributed by atoms with Crippen molar-refractivity contribution in [2.45, 2.75) is 33.3 Å². The maximum absolute atomic E-state index is 12.3. The fraction of sp³-hybridized carbons (Fsp3) is 0.688. The Labute approximate surface area is 120 Å². The SMILES string of the molecule is C=C1C[C@@](C)(CO)[C@@]2(C)C=C[C@@H](O)[C@@](C)(C(=O)OC)[C@@H]12. The van der Waals surface area contributed by atoms with Crippen LogP contribution in [-0.4, -0.2) is 36.0 Å². The van der Waals surface area contributed by atoms with Gasteiger partial charge >= 0.3 is 5.97 Å². The highest BCUT2D eigenvalue weighted by Crippen LogP contribution is 2.66. The Morgan fingerprint density at radius 1 is 1.50 bits per heavy atom. The Kier molecular flexibility index (Phi) is 3.38. The van der Waals surface area contributed by atoms with Gasteiger partial charge in [0, 0.05) is 23.4 Å². The maximum Gasteiger partial charge on any atom is 0.315 e. The maximum atomic E-state index is 12.3. The van der Waals surface area contributed by atoms with E-state index in [0.29, 0.717) is 6.42 Å². The topological polar surface area (TPSA) is 66.8 Å². The summed E-state index contributed by atoms with van der Waals surface area (Å²) in [6.07, 6.45) is 3.31. The molecule has 0 aromatic carbocycles. The van der Waals surface area contributed by atoms with Crippen LogP contribution in [0.5, 0.6) is 0 Å². The number of allylic oxidation sites excluding steroid dienone is 2. The van der Waals surface area contributed by atoms with E-state index in [4.69, 9.17) is 4.74 Å². The number of carbonyl (C=O) groups excluding carboxylic acids is 1. The molecule has 4 nitrogen and oxygen atoms in total. The minimum atomic E-state index is -1.07. The first-order chi connectivity index (χ1) is 9.17. The molecule has 1 fully saturated rings. The lowest BCUT2D eigenvalue weighted by molar-refractivity contribution is -0.166. The van der Waals surface area contributed by atoms with Crippen molar-refractivity contribution >= 4 is 5.97 Å². The third-order valence-corrected chi connectivity index (χ3v) is 5.74. The second kappa shape index (κ2) is 4.43. The summed E-state index contributed by atoms with van der Waals surface area (Å²) < 4.78 is 4.93. The molecule has 0 radical (unpaired) electrons. The number of methoxy groups -OCH3 is 1. The van der Waals surface area contributed by atoms with Gasteiger partial charge in [0.05, 0.1) is 13.2 Å². The van der Waals surface area contributed by atoms with E-state index in [-0.39, 0.29) is 17.9 Å². The van der Waals surface area contributed by atoms with Crippen LogP contribution in [0.3, 0.4) is 0 Å². The van der Waals surface area contributed by atoms with Gasteiger partial charge in [0.15, 0.2) is 0 Å². The Morgan fingerprint density at radius 3 is 2.60 bits per heavy atom. The van der Waals surface area contributed by atoms with Gasteiger partial charge < -0.3 is 14.9 Å². The Hall–Kier alpha value is -1.13. The van der Waals surface area contributed by atoms with Crippen LogP contribution in [0.1, 0.15) is 27.2 Å². The quantitative estimate of drug-likeness (QED) is 0.596. The summed E-state index contributed by atoms with van der Waals surface area (Å²) >= 11 is 0. The van der Waals surface area contributed by atoms with Crippen LogP contribution in [0.4, 0.5) is 0 Å². The number of carbonyl (C=O) groups is 1. The highest BCUT2D eigenvalue weighted by Gasteiger charge is 2.65. The second-order valence-electron chi connectivity index (χ2n) is 6.85. The van der Waals surface area contributed by atoms with Crippen LogP contribution in [-0.2, 0) is 9.53 Å². The van der Waals surface area contributed by atoms with E-state index in [1.807, 2.05) is 19.9 Å². The van der Waals surface area contributed by atoms with Gasteiger partial charge in [0.25, 0.3) is 0 Å². The van der Waals surface area contributed by atoms with Crippen molar-refractivity contribution in [1.29, 1.82) is 0 Å². The summed E-state index contributed by atoms with van der Waals surface area (Å²) in [6, 6.07) is 0. The predicted molar refractivity (Wildman–Crippen MR) is 75.8 cm³/mol. The summed E-state index contributed by atoms with van der Waals surface area (Å²) in [5.41, 5.74) is -0.996. The molecule has 112 valence electrons. The first kappa shape index (κ1) is 15.3. The van der Waals surface area contributed by atoms with E-state index in [1.165, 1.54) is 7.11 Å². The summed E-state index contributed by atoms with van der Waals surface area (Å²) in [4.78, 5) is 12.3. The molecule has 0 bridgehead atoms. The minimum absolute atomic E-state index is 0.0106. The third-order valence-electron chi connectivity index (χ3n) is 5.74. The molecule has 5 atom stereocenters. The molecule has 20 heavy (non-hydrogen) atoms. The highest BCUT2D eigenvalue weighted by atomic mass is 16.5. The molecule has 2 rings (SSSR count). The third kappa shape index (κ3) is 1.58. The predicted octanol–water partition coefficient (Wildman–Crippen LogP) is 1.68. The smallest absolute Gasteiger partial charge is 0.315 e. The van der Waals surface area contributed by atoms with Crippen LogP contribution in [0.25, 0.3) is 0 Å². The number of ether oxygens (including phenoxy) is 1. The molecule has 2 aliphatic rings. The van der Waals surface area contributed by atoms with Crippen molar-refractivity contribution in [2.24, 2.45) is 22.2 Å². The molecule has 0 heterocycles. The summed E-state index contributed by atoms with van der Waals surface area (Å²) in [6.45, 7) is 9.87. The molecule has 4 heteroatoms. The number of hydrogen-bond donors (Lipinski definition) is 2. The molecule has 2 aliphatic carbocycles. The Morgan fingerprint density at radius 2 is 2.10 bits per heavy atom. The summed E-state index contributed by atoms with van der Waals surface area (Å²) in [7, 11) is 1.33. The number of fused-ring (bicyclic) bond motifs is 1. The molecular formula is C16H24O4. The summed E-state index contributed by atoms with van der Waals surface area (Å²) in [5.74, 6) is -0.687. The lowest BCUT2D eigenvalue weighted by Crippen LogP contribution is -2.55. The van der Waals surface area contributed by atoms with Gasteiger partial charge in [0.1, 0.15) is 5.41 Å². The van der Waals surface area contributed by atoms with Crippen molar-refractivity contribution < 1.29 is 19.7 Å². The van der Waals surface area contributed by atoms with Crippen LogP contribution >= 0.6 is 0 Å². The zero-order chi connectivity index (χ0) is 15.3. The van der Waals surface area contributed by atoms with E-state index < -0.39 is 22.9 Å². The Balaban J connectivity index is 2.64. The van der Waals surface area contributed by atoms with E-state index in [1.54, 1.807) is 13.0 Å². The molecule has 0 aromatic rings. The van der Waals surface area contributed by atoms with Crippen molar-refractivity contribution in [3.05, 3.63) is 24.3 Å². The first-order valence-electron chi connectivity index (χ1n) is 6.92. The van der Waals surface area contributed by atoms with Crippen molar-refractivity contribution in [3.63, 3.8) is 0 Å². The first-order valence-corrected chi connectivity index (χ1v) is 6.92. The van der Waals surface area contributed by atoms with E-state index in [0.717, 1.165) is 5.57 Å². The van der Waals surface area contributed by atoms with E-state index in [9.17, 15) is 15.0 Å². The lowest BCUT2D eigenvalue weighted by Gasteiger charge is -2.51. The van der Waals surface area contributed by atoms with E-state index >= 15 is 0 Å². The lowest BCUT2D eigenvalue weighted by atomic mass is 9.53. The zero-order valence-corrected chi connectivity index (χ0v) is 12.6. The fourth-order valence-electron chi connectivity index (χ4n) is 4.26. The zero-order valence-electron chi connectivity index (χ0n) is 12.6. The van der Waals surface area contributed by atoms with Crippen LogP contribution in [0, 0.1) is 22.2 Å². The molecule has 0 amide bonds. The number of esters is 1. The monoisotopic (exact) mass is 280 g/mol. The van der Waals surface area contributed by atoms with Crippen LogP contribution < -0.4 is 0 Å². The van der Waals surface area contributed by atoms with E-state index in [2.05, 4.69) is 6.58 Å². The largest absolute Gasteiger partial charge is 0.468 e. The van der Waals surface area contributed by atoms with Gasteiger partial charge in [0.2, 0.25) is 0 Å². The van der Waals surface area contributed by atoms with Gasteiger partial charge in [-0.2, -0.15) is 0 Å².